The van der Waals surface area contributed by atoms with E-state index in [4.69, 9.17) is 18.5 Å². The smallest absolute Gasteiger partial charge is 0.462 e. The Bertz CT molecular complexity index is 1100. The second kappa shape index (κ2) is 31.2. The number of esters is 2. The van der Waals surface area contributed by atoms with Crippen molar-refractivity contribution in [2.45, 2.75) is 191 Å². The minimum atomic E-state index is -5.11. The third kappa shape index (κ3) is 23.9. The second-order valence-corrected chi connectivity index (χ2v) is 15.5. The highest BCUT2D eigenvalue weighted by atomic mass is 31.2. The lowest BCUT2D eigenvalue weighted by atomic mass is 9.85. The van der Waals surface area contributed by atoms with Crippen molar-refractivity contribution >= 4 is 19.8 Å². The first-order valence-electron chi connectivity index (χ1n) is 20.3. The van der Waals surface area contributed by atoms with E-state index in [9.17, 15) is 44.6 Å². The zero-order valence-corrected chi connectivity index (χ0v) is 33.7. The van der Waals surface area contributed by atoms with Crippen molar-refractivity contribution in [2.75, 3.05) is 13.2 Å². The third-order valence-corrected chi connectivity index (χ3v) is 10.2. The fourth-order valence-corrected chi connectivity index (χ4v) is 6.85. The highest BCUT2D eigenvalue weighted by molar-refractivity contribution is 7.47. The summed E-state index contributed by atoms with van der Waals surface area (Å²) < 4.78 is 33.2. The molecule has 0 radical (unpaired) electrons. The summed E-state index contributed by atoms with van der Waals surface area (Å²) in [7, 11) is -5.11. The normalized spacial score (nSPS) is 23.6. The number of allylic oxidation sites excluding steroid dienone is 6. The molecule has 1 fully saturated rings. The lowest BCUT2D eigenvalue weighted by molar-refractivity contribution is -0.220. The van der Waals surface area contributed by atoms with Crippen LogP contribution in [0, 0.1) is 0 Å². The van der Waals surface area contributed by atoms with Crippen molar-refractivity contribution in [3.8, 4) is 0 Å². The number of ether oxygens (including phenoxy) is 2. The third-order valence-electron chi connectivity index (χ3n) is 9.23. The highest BCUT2D eigenvalue weighted by Gasteiger charge is 2.51. The van der Waals surface area contributed by atoms with Gasteiger partial charge in [0.25, 0.3) is 0 Å². The lowest BCUT2D eigenvalue weighted by Crippen LogP contribution is -2.64. The van der Waals surface area contributed by atoms with Crippen LogP contribution in [0.25, 0.3) is 0 Å². The van der Waals surface area contributed by atoms with Gasteiger partial charge in [0.2, 0.25) is 0 Å². The van der Waals surface area contributed by atoms with Crippen LogP contribution in [-0.4, -0.2) is 98.3 Å². The number of rotatable bonds is 32. The van der Waals surface area contributed by atoms with Gasteiger partial charge in [0.15, 0.2) is 6.10 Å². The molecule has 0 aromatic carbocycles. The van der Waals surface area contributed by atoms with Gasteiger partial charge in [-0.15, -0.1) is 0 Å². The Balaban J connectivity index is 2.45. The Morgan fingerprint density at radius 1 is 0.574 bits per heavy atom. The van der Waals surface area contributed by atoms with E-state index in [-0.39, 0.29) is 12.8 Å². The lowest BCUT2D eigenvalue weighted by Gasteiger charge is -2.41. The van der Waals surface area contributed by atoms with Gasteiger partial charge in [0.1, 0.15) is 43.2 Å². The van der Waals surface area contributed by atoms with E-state index < -0.39 is 75.7 Å². The summed E-state index contributed by atoms with van der Waals surface area (Å²) in [6.07, 6.45) is 19.7. The average Bonchev–Trinajstić information content (AvgIpc) is 3.15. The first kappa shape index (κ1) is 50.1. The van der Waals surface area contributed by atoms with Crippen molar-refractivity contribution in [2.24, 2.45) is 0 Å². The van der Waals surface area contributed by atoms with Crippen LogP contribution in [0.1, 0.15) is 149 Å². The molecule has 0 aromatic rings. The number of unbranched alkanes of at least 4 members (excludes halogenated alkanes) is 14. The van der Waals surface area contributed by atoms with E-state index in [0.29, 0.717) is 12.8 Å². The zero-order valence-electron chi connectivity index (χ0n) is 32.8. The number of carbonyl (C=O) groups is 2. The van der Waals surface area contributed by atoms with Crippen LogP contribution >= 0.6 is 7.82 Å². The van der Waals surface area contributed by atoms with Gasteiger partial charge < -0.3 is 39.9 Å². The summed E-state index contributed by atoms with van der Waals surface area (Å²) >= 11 is 0. The molecule has 1 saturated carbocycles. The van der Waals surface area contributed by atoms with Crippen LogP contribution in [0.5, 0.6) is 0 Å². The molecule has 314 valence electrons. The van der Waals surface area contributed by atoms with Crippen molar-refractivity contribution < 1.29 is 63.1 Å². The van der Waals surface area contributed by atoms with Gasteiger partial charge in [0.05, 0.1) is 6.61 Å². The van der Waals surface area contributed by atoms with Gasteiger partial charge in [-0.3, -0.25) is 18.6 Å². The van der Waals surface area contributed by atoms with Crippen LogP contribution in [-0.2, 0) is 32.7 Å². The Labute approximate surface area is 323 Å². The van der Waals surface area contributed by atoms with Gasteiger partial charge in [-0.25, -0.2) is 4.57 Å². The van der Waals surface area contributed by atoms with Crippen molar-refractivity contribution in [3.63, 3.8) is 0 Å². The summed E-state index contributed by atoms with van der Waals surface area (Å²) in [5.74, 6) is -1.13. The van der Waals surface area contributed by atoms with Crippen LogP contribution in [0.15, 0.2) is 36.5 Å². The van der Waals surface area contributed by atoms with E-state index in [2.05, 4.69) is 50.3 Å². The number of hydrogen-bond donors (Lipinski definition) is 6. The maximum atomic E-state index is 12.7. The van der Waals surface area contributed by atoms with Gasteiger partial charge in [-0.2, -0.15) is 0 Å². The number of phosphoric ester groups is 1. The largest absolute Gasteiger partial charge is 0.472 e. The minimum Gasteiger partial charge on any atom is -0.462 e. The molecule has 0 aliphatic heterocycles. The van der Waals surface area contributed by atoms with Crippen LogP contribution < -0.4 is 0 Å². The quantitative estimate of drug-likeness (QED) is 0.0183. The van der Waals surface area contributed by atoms with Crippen molar-refractivity contribution in [1.82, 2.24) is 0 Å². The molecule has 13 nitrogen and oxygen atoms in total. The summed E-state index contributed by atoms with van der Waals surface area (Å²) in [5.41, 5.74) is 0. The molecule has 0 spiro atoms. The summed E-state index contributed by atoms with van der Waals surface area (Å²) in [6, 6.07) is 0. The number of aliphatic hydroxyl groups excluding tert-OH is 5. The van der Waals surface area contributed by atoms with Gasteiger partial charge in [0, 0.05) is 12.8 Å². The van der Waals surface area contributed by atoms with E-state index in [1.807, 2.05) is 0 Å². The average molecular weight is 791 g/mol. The van der Waals surface area contributed by atoms with Crippen LogP contribution in [0.3, 0.4) is 0 Å². The van der Waals surface area contributed by atoms with E-state index in [1.165, 1.54) is 19.3 Å². The molecule has 0 heterocycles. The van der Waals surface area contributed by atoms with Gasteiger partial charge in [-0.05, 0) is 51.4 Å². The van der Waals surface area contributed by atoms with E-state index in [0.717, 1.165) is 89.9 Å². The molecular formula is C40H71O13P. The van der Waals surface area contributed by atoms with E-state index >= 15 is 0 Å². The first-order chi connectivity index (χ1) is 25.9. The molecule has 0 amide bonds. The predicted octanol–water partition coefficient (Wildman–Crippen LogP) is 6.66. The molecule has 6 unspecified atom stereocenters. The SMILES string of the molecule is CCCCC/C=C\C/C=C\C/C=C\CCCCCCCCC(=O)OC(COC(=O)CCCCCCCC)COP(=O)(O)OC1C(O)C(O)C(O)C(O)C1O. The molecular weight excluding hydrogens is 719 g/mol. The standard InChI is InChI=1S/C40H71O13P/c1-3-5-7-9-11-12-13-14-15-16-17-18-19-20-21-22-23-25-27-29-34(42)52-32(30-50-33(41)28-26-24-10-8-6-4-2)31-51-54(48,49)53-40-38(46)36(44)35(43)37(45)39(40)47/h11-12,14-15,17-18,32,35-40,43-47H,3-10,13,16,19-31H2,1-2H3,(H,48,49)/b12-11-,15-14-,18-17-. The monoisotopic (exact) mass is 790 g/mol. The zero-order chi connectivity index (χ0) is 40.0. The Morgan fingerprint density at radius 2 is 1.00 bits per heavy atom. The molecule has 14 heteroatoms. The molecule has 54 heavy (non-hydrogen) atoms. The molecule has 1 aliphatic rings. The van der Waals surface area contributed by atoms with Crippen LogP contribution in [0.2, 0.25) is 0 Å². The predicted molar refractivity (Wildman–Crippen MR) is 207 cm³/mol. The van der Waals surface area contributed by atoms with Crippen molar-refractivity contribution in [3.05, 3.63) is 36.5 Å². The Kier molecular flexibility index (Phi) is 28.9. The topological polar surface area (TPSA) is 210 Å². The Morgan fingerprint density at radius 3 is 1.56 bits per heavy atom. The Hall–Kier alpha value is -1.93. The molecule has 0 aromatic heterocycles. The first-order valence-corrected chi connectivity index (χ1v) is 21.8. The molecule has 6 N–H and O–H groups in total. The number of phosphoric acid groups is 1. The summed E-state index contributed by atoms with van der Waals surface area (Å²) in [4.78, 5) is 35.3. The minimum absolute atomic E-state index is 0.0823. The summed E-state index contributed by atoms with van der Waals surface area (Å²) in [5, 5.41) is 49.9. The maximum absolute atomic E-state index is 12.7. The van der Waals surface area contributed by atoms with Crippen LogP contribution in [0.4, 0.5) is 0 Å². The van der Waals surface area contributed by atoms with E-state index in [1.54, 1.807) is 0 Å². The summed E-state index contributed by atoms with van der Waals surface area (Å²) in [6.45, 7) is 3.15. The highest BCUT2D eigenvalue weighted by Crippen LogP contribution is 2.47. The molecule has 6 atom stereocenters. The molecule has 0 saturated heterocycles. The number of carbonyl (C=O) groups excluding carboxylic acids is 2. The number of hydrogen-bond acceptors (Lipinski definition) is 12. The molecule has 1 rings (SSSR count). The van der Waals surface area contributed by atoms with Crippen molar-refractivity contribution in [1.29, 1.82) is 0 Å². The fraction of sp³-hybridized carbons (Fsp3) is 0.800. The van der Waals surface area contributed by atoms with Gasteiger partial charge in [-0.1, -0.05) is 121 Å². The molecule has 1 aliphatic carbocycles. The maximum Gasteiger partial charge on any atom is 0.472 e. The second-order valence-electron chi connectivity index (χ2n) is 14.1. The van der Waals surface area contributed by atoms with Gasteiger partial charge >= 0.3 is 19.8 Å². The number of aliphatic hydroxyl groups is 5. The molecule has 0 bridgehead atoms. The fourth-order valence-electron chi connectivity index (χ4n) is 5.88.